The number of hydrogen-bond donors (Lipinski definition) is 0. The fourth-order valence-electron chi connectivity index (χ4n) is 1.30. The summed E-state index contributed by atoms with van der Waals surface area (Å²) in [6.45, 7) is 0. The first-order valence-electron chi connectivity index (χ1n) is 5.18. The van der Waals surface area contributed by atoms with Crippen molar-refractivity contribution in [3.05, 3.63) is 53.6 Å². The van der Waals surface area contributed by atoms with Crippen LogP contribution in [0.25, 0.3) is 0 Å². The molecule has 8 heteroatoms. The normalized spacial score (nSPS) is 11.3. The van der Waals surface area contributed by atoms with Crippen LogP contribution in [0.4, 0.5) is 11.4 Å². The summed E-state index contributed by atoms with van der Waals surface area (Å²) in [6.07, 6.45) is 0. The molecule has 0 aliphatic carbocycles. The summed E-state index contributed by atoms with van der Waals surface area (Å²) < 4.78 is 32.2. The van der Waals surface area contributed by atoms with Crippen molar-refractivity contribution in [1.82, 2.24) is 0 Å². The van der Waals surface area contributed by atoms with Crippen LogP contribution in [-0.4, -0.2) is 13.0 Å². The van der Waals surface area contributed by atoms with Crippen molar-refractivity contribution in [1.29, 1.82) is 0 Å². The maximum atomic E-state index is 10.7. The van der Waals surface area contributed by atoms with E-state index in [0.717, 1.165) is 0 Å². The summed E-state index contributed by atoms with van der Waals surface area (Å²) in [4.78, 5) is -0.294. The third kappa shape index (κ3) is 4.97. The van der Waals surface area contributed by atoms with Crippen LogP contribution in [0.1, 0.15) is 0 Å². The maximum Gasteiger partial charge on any atom is 1.00 e. The van der Waals surface area contributed by atoms with E-state index in [1.807, 2.05) is 0 Å². The van der Waals surface area contributed by atoms with Gasteiger partial charge in [-0.1, -0.05) is 11.6 Å². The van der Waals surface area contributed by atoms with Crippen molar-refractivity contribution in [2.24, 2.45) is 10.2 Å². The van der Waals surface area contributed by atoms with Crippen molar-refractivity contribution in [3.63, 3.8) is 0 Å². The van der Waals surface area contributed by atoms with Gasteiger partial charge in [-0.15, -0.1) is 0 Å². The van der Waals surface area contributed by atoms with E-state index < -0.39 is 10.1 Å². The first kappa shape index (κ1) is 17.3. The zero-order chi connectivity index (χ0) is 13.9. The second-order valence-electron chi connectivity index (χ2n) is 3.62. The van der Waals surface area contributed by atoms with Gasteiger partial charge in [0.1, 0.15) is 10.1 Å². The molecule has 0 saturated carbocycles. The van der Waals surface area contributed by atoms with E-state index in [-0.39, 0.29) is 34.5 Å². The van der Waals surface area contributed by atoms with Gasteiger partial charge in [-0.25, -0.2) is 8.42 Å². The predicted molar refractivity (Wildman–Crippen MR) is 70.0 cm³/mol. The minimum atomic E-state index is -4.43. The van der Waals surface area contributed by atoms with Crippen LogP contribution in [-0.2, 0) is 10.1 Å². The Morgan fingerprint density at radius 2 is 1.25 bits per heavy atom. The van der Waals surface area contributed by atoms with Crippen LogP contribution in [0.2, 0.25) is 5.02 Å². The molecule has 2 rings (SSSR count). The molecule has 0 aliphatic heterocycles. The van der Waals surface area contributed by atoms with Crippen LogP contribution in [0, 0.1) is 0 Å². The van der Waals surface area contributed by atoms with Gasteiger partial charge in [0.25, 0.3) is 0 Å². The molecule has 5 nitrogen and oxygen atoms in total. The Kier molecular flexibility index (Phi) is 6.32. The van der Waals surface area contributed by atoms with E-state index in [1.54, 1.807) is 24.3 Å². The minimum Gasteiger partial charge on any atom is -0.744 e. The summed E-state index contributed by atoms with van der Waals surface area (Å²) in [5, 5.41) is 8.46. The quantitative estimate of drug-likeness (QED) is 0.473. The first-order chi connectivity index (χ1) is 8.95. The second kappa shape index (κ2) is 7.31. The molecular formula is C12H8ClN2NaO3S. The van der Waals surface area contributed by atoms with E-state index in [1.165, 1.54) is 24.3 Å². The topological polar surface area (TPSA) is 81.9 Å². The van der Waals surface area contributed by atoms with E-state index in [4.69, 9.17) is 11.6 Å². The van der Waals surface area contributed by atoms with E-state index in [0.29, 0.717) is 16.4 Å². The molecule has 0 aliphatic rings. The predicted octanol–water partition coefficient (Wildman–Crippen LogP) is 0.664. The van der Waals surface area contributed by atoms with Gasteiger partial charge in [0.2, 0.25) is 0 Å². The summed E-state index contributed by atoms with van der Waals surface area (Å²) in [5.74, 6) is 0. The molecule has 0 unspecified atom stereocenters. The van der Waals surface area contributed by atoms with Gasteiger partial charge in [0.15, 0.2) is 0 Å². The molecule has 0 heterocycles. The molecule has 2 aromatic rings. The van der Waals surface area contributed by atoms with Crippen molar-refractivity contribution in [2.45, 2.75) is 4.90 Å². The number of benzene rings is 2. The smallest absolute Gasteiger partial charge is 0.744 e. The molecule has 0 N–H and O–H groups in total. The van der Waals surface area contributed by atoms with E-state index in [9.17, 15) is 13.0 Å². The van der Waals surface area contributed by atoms with Crippen LogP contribution >= 0.6 is 11.6 Å². The molecule has 98 valence electrons. The third-order valence-electron chi connectivity index (χ3n) is 2.23. The Morgan fingerprint density at radius 1 is 0.850 bits per heavy atom. The molecule has 0 radical (unpaired) electrons. The van der Waals surface area contributed by atoms with Gasteiger partial charge in [0.05, 0.1) is 16.3 Å². The number of nitrogens with zero attached hydrogens (tertiary/aromatic N) is 2. The van der Waals surface area contributed by atoms with Crippen LogP contribution < -0.4 is 29.6 Å². The van der Waals surface area contributed by atoms with Gasteiger partial charge in [-0.3, -0.25) is 0 Å². The monoisotopic (exact) mass is 318 g/mol. The van der Waals surface area contributed by atoms with Crippen LogP contribution in [0.15, 0.2) is 63.7 Å². The minimum absolute atomic E-state index is 0. The standard InChI is InChI=1S/C12H9ClN2O3S.Na/c13-9-1-3-10(4-2-9)14-15-11-5-7-12(8-6-11)19(16,17)18;/h1-8H,(H,16,17,18);/q;+1/p-1. The molecule has 0 spiro atoms. The molecule has 20 heavy (non-hydrogen) atoms. The Bertz CT molecular complexity index is 700. The zero-order valence-electron chi connectivity index (χ0n) is 10.5. The van der Waals surface area contributed by atoms with Gasteiger partial charge >= 0.3 is 29.6 Å². The SMILES string of the molecule is O=S(=O)([O-])c1ccc(N=Nc2ccc(Cl)cc2)cc1.[Na+]. The largest absolute Gasteiger partial charge is 1.00 e. The molecular weight excluding hydrogens is 311 g/mol. The number of rotatable bonds is 3. The third-order valence-corrected chi connectivity index (χ3v) is 3.33. The molecule has 0 aromatic heterocycles. The zero-order valence-corrected chi connectivity index (χ0v) is 14.1. The summed E-state index contributed by atoms with van der Waals surface area (Å²) >= 11 is 5.73. The molecule has 0 bridgehead atoms. The first-order valence-corrected chi connectivity index (χ1v) is 6.97. The van der Waals surface area contributed by atoms with Gasteiger partial charge in [-0.2, -0.15) is 10.2 Å². The van der Waals surface area contributed by atoms with Gasteiger partial charge in [-0.05, 0) is 48.5 Å². The number of azo groups is 1. The average molecular weight is 319 g/mol. The second-order valence-corrected chi connectivity index (χ2v) is 5.44. The van der Waals surface area contributed by atoms with Crippen molar-refractivity contribution < 1.29 is 42.5 Å². The molecule has 0 saturated heterocycles. The fourth-order valence-corrected chi connectivity index (χ4v) is 1.90. The molecule has 0 fully saturated rings. The molecule has 0 amide bonds. The van der Waals surface area contributed by atoms with Crippen molar-refractivity contribution >= 4 is 33.1 Å². The Hall–Kier alpha value is -0.760. The number of halogens is 1. The summed E-state index contributed by atoms with van der Waals surface area (Å²) in [5.41, 5.74) is 1.06. The number of hydrogen-bond acceptors (Lipinski definition) is 5. The van der Waals surface area contributed by atoms with Crippen molar-refractivity contribution in [2.75, 3.05) is 0 Å². The summed E-state index contributed by atoms with van der Waals surface area (Å²) in [7, 11) is -4.43. The van der Waals surface area contributed by atoms with E-state index >= 15 is 0 Å². The van der Waals surface area contributed by atoms with Crippen LogP contribution in [0.3, 0.4) is 0 Å². The Labute approximate surface area is 143 Å². The Morgan fingerprint density at radius 3 is 1.65 bits per heavy atom. The van der Waals surface area contributed by atoms with Crippen LogP contribution in [0.5, 0.6) is 0 Å². The fraction of sp³-hybridized carbons (Fsp3) is 0. The average Bonchev–Trinajstić information content (AvgIpc) is 2.37. The molecule has 2 aromatic carbocycles. The van der Waals surface area contributed by atoms with Crippen molar-refractivity contribution in [3.8, 4) is 0 Å². The summed E-state index contributed by atoms with van der Waals surface area (Å²) in [6, 6.07) is 12.0. The van der Waals surface area contributed by atoms with Gasteiger partial charge < -0.3 is 4.55 Å². The van der Waals surface area contributed by atoms with E-state index in [2.05, 4.69) is 10.2 Å². The Balaban J connectivity index is 0.00000200. The molecule has 0 atom stereocenters. The maximum absolute atomic E-state index is 10.7. The van der Waals surface area contributed by atoms with Gasteiger partial charge in [0, 0.05) is 5.02 Å².